The van der Waals surface area contributed by atoms with Gasteiger partial charge < -0.3 is 4.74 Å². The minimum Gasteiger partial charge on any atom is -0.493 e. The summed E-state index contributed by atoms with van der Waals surface area (Å²) in [6.45, 7) is 8.80. The quantitative estimate of drug-likeness (QED) is 0.803. The van der Waals surface area contributed by atoms with Crippen LogP contribution < -0.4 is 4.74 Å². The number of benzene rings is 1. The van der Waals surface area contributed by atoms with Crippen molar-refractivity contribution in [2.45, 2.75) is 27.7 Å². The fraction of sp³-hybridized carbons (Fsp3) is 0.500. The normalized spacial score (nSPS) is 9.53. The van der Waals surface area contributed by atoms with E-state index in [0.717, 1.165) is 0 Å². The Morgan fingerprint density at radius 2 is 1.88 bits per heavy atom. The van der Waals surface area contributed by atoms with Gasteiger partial charge in [0.2, 0.25) is 5.12 Å². The van der Waals surface area contributed by atoms with E-state index < -0.39 is 0 Å². The first-order valence-electron chi connectivity index (χ1n) is 5.95. The summed E-state index contributed by atoms with van der Waals surface area (Å²) in [6.07, 6.45) is 1.78. The lowest BCUT2D eigenvalue weighted by molar-refractivity contribution is 0.108. The fourth-order valence-corrected chi connectivity index (χ4v) is 1.52. The Labute approximate surface area is 109 Å². The second-order valence-corrected chi connectivity index (χ2v) is 4.47. The number of para-hydroxylation sites is 1. The third-order valence-electron chi connectivity index (χ3n) is 1.86. The lowest BCUT2D eigenvalue weighted by Gasteiger charge is -2.11. The molecule has 0 radical (unpaired) electrons. The van der Waals surface area contributed by atoms with Gasteiger partial charge in [-0.15, -0.1) is 0 Å². The largest absolute Gasteiger partial charge is 0.493 e. The van der Waals surface area contributed by atoms with Gasteiger partial charge in [-0.05, 0) is 24.3 Å². The van der Waals surface area contributed by atoms with Crippen LogP contribution in [0.3, 0.4) is 0 Å². The summed E-state index contributed by atoms with van der Waals surface area (Å²) in [7, 11) is 0. The second-order valence-electron chi connectivity index (χ2n) is 3.69. The predicted octanol–water partition coefficient (Wildman–Crippen LogP) is 4.25. The van der Waals surface area contributed by atoms with Crippen molar-refractivity contribution in [2.75, 3.05) is 12.9 Å². The number of carbonyl (C=O) groups is 1. The Balaban J connectivity index is 0.00000121. The van der Waals surface area contributed by atoms with Crippen molar-refractivity contribution in [1.82, 2.24) is 0 Å². The number of thioether (sulfide) groups is 1. The van der Waals surface area contributed by atoms with E-state index >= 15 is 0 Å². The molecule has 0 atom stereocenters. The molecule has 0 heterocycles. The Bertz CT molecular complexity index is 335. The van der Waals surface area contributed by atoms with E-state index in [1.165, 1.54) is 11.8 Å². The maximum Gasteiger partial charge on any atom is 0.222 e. The van der Waals surface area contributed by atoms with Crippen molar-refractivity contribution in [2.24, 2.45) is 5.92 Å². The predicted molar refractivity (Wildman–Crippen MR) is 76.0 cm³/mol. The van der Waals surface area contributed by atoms with Crippen molar-refractivity contribution in [3.63, 3.8) is 0 Å². The zero-order valence-corrected chi connectivity index (χ0v) is 12.1. The molecular formula is C14H22O2S. The molecule has 0 aliphatic heterocycles. The monoisotopic (exact) mass is 254 g/mol. The van der Waals surface area contributed by atoms with Crippen molar-refractivity contribution in [1.29, 1.82) is 0 Å². The molecule has 0 saturated carbocycles. The second kappa shape index (κ2) is 9.11. The van der Waals surface area contributed by atoms with E-state index in [-0.39, 0.29) is 5.12 Å². The molecule has 0 aliphatic carbocycles. The fourth-order valence-electron chi connectivity index (χ4n) is 1.13. The molecule has 96 valence electrons. The SMILES string of the molecule is CC.CSC(=O)c1ccccc1OCC(C)C. The molecule has 0 amide bonds. The maximum absolute atomic E-state index is 11.6. The molecular weight excluding hydrogens is 232 g/mol. The molecule has 0 spiro atoms. The van der Waals surface area contributed by atoms with E-state index in [1.54, 1.807) is 12.3 Å². The summed E-state index contributed by atoms with van der Waals surface area (Å²) < 4.78 is 5.59. The molecule has 3 heteroatoms. The van der Waals surface area contributed by atoms with Gasteiger partial charge >= 0.3 is 0 Å². The Morgan fingerprint density at radius 3 is 2.41 bits per heavy atom. The molecule has 2 nitrogen and oxygen atoms in total. The first-order chi connectivity index (χ1) is 8.15. The van der Waals surface area contributed by atoms with Gasteiger partial charge in [-0.1, -0.05) is 51.6 Å². The highest BCUT2D eigenvalue weighted by molar-refractivity contribution is 8.13. The average molecular weight is 254 g/mol. The molecule has 0 aromatic heterocycles. The third kappa shape index (κ3) is 5.78. The van der Waals surface area contributed by atoms with Crippen LogP contribution in [0.15, 0.2) is 24.3 Å². The van der Waals surface area contributed by atoms with Crippen LogP contribution in [0, 0.1) is 5.92 Å². The smallest absolute Gasteiger partial charge is 0.222 e. The molecule has 17 heavy (non-hydrogen) atoms. The van der Waals surface area contributed by atoms with E-state index in [4.69, 9.17) is 4.74 Å². The summed E-state index contributed by atoms with van der Waals surface area (Å²) in [5.41, 5.74) is 0.658. The highest BCUT2D eigenvalue weighted by atomic mass is 32.2. The van der Waals surface area contributed by atoms with Gasteiger partial charge in [-0.3, -0.25) is 4.79 Å². The highest BCUT2D eigenvalue weighted by Crippen LogP contribution is 2.22. The topological polar surface area (TPSA) is 26.3 Å². The van der Waals surface area contributed by atoms with Crippen LogP contribution in [0.4, 0.5) is 0 Å². The number of ether oxygens (including phenoxy) is 1. The Morgan fingerprint density at radius 1 is 1.29 bits per heavy atom. The van der Waals surface area contributed by atoms with Gasteiger partial charge in [-0.25, -0.2) is 0 Å². The molecule has 0 bridgehead atoms. The maximum atomic E-state index is 11.6. The lowest BCUT2D eigenvalue weighted by atomic mass is 10.2. The van der Waals surface area contributed by atoms with Crippen molar-refractivity contribution >= 4 is 16.9 Å². The molecule has 1 aromatic rings. The van der Waals surface area contributed by atoms with E-state index in [9.17, 15) is 4.79 Å². The minimum atomic E-state index is 0.0503. The van der Waals surface area contributed by atoms with Crippen LogP contribution in [0.1, 0.15) is 38.1 Å². The van der Waals surface area contributed by atoms with Crippen molar-refractivity contribution in [3.05, 3.63) is 29.8 Å². The third-order valence-corrected chi connectivity index (χ3v) is 2.46. The highest BCUT2D eigenvalue weighted by Gasteiger charge is 2.10. The molecule has 0 aliphatic rings. The van der Waals surface area contributed by atoms with Gasteiger partial charge in [0.05, 0.1) is 12.2 Å². The van der Waals surface area contributed by atoms with Gasteiger partial charge in [0, 0.05) is 0 Å². The van der Waals surface area contributed by atoms with E-state index in [2.05, 4.69) is 13.8 Å². The summed E-state index contributed by atoms with van der Waals surface area (Å²) in [4.78, 5) is 11.6. The molecule has 1 aromatic carbocycles. The number of hydrogen-bond donors (Lipinski definition) is 0. The summed E-state index contributed by atoms with van der Waals surface area (Å²) in [5.74, 6) is 1.15. The van der Waals surface area contributed by atoms with Crippen LogP contribution in [0.25, 0.3) is 0 Å². The van der Waals surface area contributed by atoms with Gasteiger partial charge in [0.25, 0.3) is 0 Å². The summed E-state index contributed by atoms with van der Waals surface area (Å²) in [5, 5.41) is 0.0503. The van der Waals surface area contributed by atoms with Crippen LogP contribution in [-0.2, 0) is 0 Å². The molecule has 0 fully saturated rings. The molecule has 0 N–H and O–H groups in total. The van der Waals surface area contributed by atoms with Crippen molar-refractivity contribution < 1.29 is 9.53 Å². The summed E-state index contributed by atoms with van der Waals surface area (Å²) >= 11 is 1.21. The number of rotatable bonds is 4. The van der Waals surface area contributed by atoms with E-state index in [1.807, 2.05) is 32.0 Å². The van der Waals surface area contributed by atoms with E-state index in [0.29, 0.717) is 23.8 Å². The van der Waals surface area contributed by atoms with Crippen LogP contribution in [0.5, 0.6) is 5.75 Å². The zero-order chi connectivity index (χ0) is 13.3. The van der Waals surface area contributed by atoms with Gasteiger partial charge in [0.1, 0.15) is 5.75 Å². The minimum absolute atomic E-state index is 0.0503. The number of carbonyl (C=O) groups excluding carboxylic acids is 1. The van der Waals surface area contributed by atoms with Crippen LogP contribution in [-0.4, -0.2) is 18.0 Å². The first-order valence-corrected chi connectivity index (χ1v) is 7.17. The Kier molecular flexibility index (Phi) is 8.60. The van der Waals surface area contributed by atoms with Gasteiger partial charge in [-0.2, -0.15) is 0 Å². The number of hydrogen-bond acceptors (Lipinski definition) is 3. The zero-order valence-electron chi connectivity index (χ0n) is 11.3. The first kappa shape index (κ1) is 16.0. The standard InChI is InChI=1S/C12H16O2S.C2H6/c1-9(2)8-14-11-7-5-4-6-10(11)12(13)15-3;1-2/h4-7,9H,8H2,1-3H3;1-2H3. The molecule has 1 rings (SSSR count). The van der Waals surface area contributed by atoms with Crippen LogP contribution in [0.2, 0.25) is 0 Å². The molecule has 0 saturated heterocycles. The average Bonchev–Trinajstić information content (AvgIpc) is 2.38. The van der Waals surface area contributed by atoms with Crippen molar-refractivity contribution in [3.8, 4) is 5.75 Å². The molecule has 0 unspecified atom stereocenters. The Hall–Kier alpha value is -0.960. The lowest BCUT2D eigenvalue weighted by Crippen LogP contribution is -2.07. The summed E-state index contributed by atoms with van der Waals surface area (Å²) in [6, 6.07) is 7.37. The van der Waals surface area contributed by atoms with Crippen LogP contribution >= 0.6 is 11.8 Å². The van der Waals surface area contributed by atoms with Gasteiger partial charge in [0.15, 0.2) is 0 Å².